The number of carbonyl (C=O) groups excluding carboxylic acids is 3. The summed E-state index contributed by atoms with van der Waals surface area (Å²) in [4.78, 5) is 39.9. The van der Waals surface area contributed by atoms with Crippen molar-refractivity contribution in [1.29, 1.82) is 0 Å². The predicted molar refractivity (Wildman–Crippen MR) is 117 cm³/mol. The molecule has 0 spiro atoms. The van der Waals surface area contributed by atoms with E-state index in [0.29, 0.717) is 18.8 Å². The number of amides is 2. The second-order valence-corrected chi connectivity index (χ2v) is 9.86. The van der Waals surface area contributed by atoms with Crippen molar-refractivity contribution < 1.29 is 23.9 Å². The minimum absolute atomic E-state index is 0.00552. The molecule has 170 valence electrons. The highest BCUT2D eigenvalue weighted by atomic mass is 16.6. The lowest BCUT2D eigenvalue weighted by Gasteiger charge is -2.29. The Balaban J connectivity index is 1.75. The SMILES string of the molecule is CC(C)(C)OC(=O)C[C@H](CC1CCCCC1)C(=O)N1C(=O)OC[C@H]1Cc1ccccc1. The van der Waals surface area contributed by atoms with Crippen LogP contribution in [-0.4, -0.2) is 41.1 Å². The topological polar surface area (TPSA) is 72.9 Å². The Hall–Kier alpha value is -2.37. The Labute approximate surface area is 185 Å². The Kier molecular flexibility index (Phi) is 7.74. The van der Waals surface area contributed by atoms with Crippen LogP contribution in [0.2, 0.25) is 0 Å². The van der Waals surface area contributed by atoms with Crippen LogP contribution < -0.4 is 0 Å². The van der Waals surface area contributed by atoms with Gasteiger partial charge in [0.15, 0.2) is 0 Å². The molecule has 6 nitrogen and oxygen atoms in total. The van der Waals surface area contributed by atoms with E-state index in [-0.39, 0.29) is 25.0 Å². The second kappa shape index (κ2) is 10.3. The lowest BCUT2D eigenvalue weighted by atomic mass is 9.81. The molecular weight excluding hydrogens is 394 g/mol. The van der Waals surface area contributed by atoms with Crippen LogP contribution in [0.15, 0.2) is 30.3 Å². The largest absolute Gasteiger partial charge is 0.460 e. The number of esters is 1. The summed E-state index contributed by atoms with van der Waals surface area (Å²) in [6.45, 7) is 5.63. The third-order valence-electron chi connectivity index (χ3n) is 6.04. The average Bonchev–Trinajstić information content (AvgIpc) is 3.07. The Bertz CT molecular complexity index is 764. The molecule has 1 aromatic carbocycles. The van der Waals surface area contributed by atoms with Crippen LogP contribution in [0.4, 0.5) is 4.79 Å². The van der Waals surface area contributed by atoms with E-state index in [2.05, 4.69) is 0 Å². The zero-order chi connectivity index (χ0) is 22.4. The first-order valence-electron chi connectivity index (χ1n) is 11.5. The summed E-state index contributed by atoms with van der Waals surface area (Å²) in [7, 11) is 0. The molecule has 2 atom stereocenters. The van der Waals surface area contributed by atoms with E-state index in [1.165, 1.54) is 11.3 Å². The lowest BCUT2D eigenvalue weighted by molar-refractivity contribution is -0.158. The maximum Gasteiger partial charge on any atom is 0.416 e. The summed E-state index contributed by atoms with van der Waals surface area (Å²) in [6, 6.07) is 9.41. The smallest absolute Gasteiger partial charge is 0.416 e. The molecule has 3 rings (SSSR count). The molecule has 1 heterocycles. The molecule has 0 aromatic heterocycles. The van der Waals surface area contributed by atoms with Crippen LogP contribution in [0.25, 0.3) is 0 Å². The molecule has 6 heteroatoms. The third kappa shape index (κ3) is 6.81. The van der Waals surface area contributed by atoms with Gasteiger partial charge in [-0.3, -0.25) is 9.59 Å². The van der Waals surface area contributed by atoms with Gasteiger partial charge in [0.2, 0.25) is 5.91 Å². The van der Waals surface area contributed by atoms with Crippen molar-refractivity contribution in [2.45, 2.75) is 83.8 Å². The summed E-state index contributed by atoms with van der Waals surface area (Å²) < 4.78 is 10.7. The number of carbonyl (C=O) groups is 3. The first-order chi connectivity index (χ1) is 14.7. The van der Waals surface area contributed by atoms with Crippen LogP contribution in [0, 0.1) is 11.8 Å². The predicted octanol–water partition coefficient (Wildman–Crippen LogP) is 4.89. The number of hydrogen-bond donors (Lipinski definition) is 0. The molecule has 0 radical (unpaired) electrons. The van der Waals surface area contributed by atoms with Gasteiger partial charge in [-0.2, -0.15) is 0 Å². The number of nitrogens with zero attached hydrogens (tertiary/aromatic N) is 1. The summed E-state index contributed by atoms with van der Waals surface area (Å²) >= 11 is 0. The molecular formula is C25H35NO5. The van der Waals surface area contributed by atoms with Crippen molar-refractivity contribution in [3.63, 3.8) is 0 Å². The maximum atomic E-state index is 13.5. The molecule has 31 heavy (non-hydrogen) atoms. The first kappa shape index (κ1) is 23.3. The molecule has 1 aromatic rings. The van der Waals surface area contributed by atoms with Gasteiger partial charge in [0.1, 0.15) is 12.2 Å². The van der Waals surface area contributed by atoms with Crippen molar-refractivity contribution in [3.05, 3.63) is 35.9 Å². The standard InChI is InChI=1S/C25H35NO5/c1-25(2,3)31-22(27)16-20(14-18-10-6-4-7-11-18)23(28)26-21(17-30-24(26)29)15-19-12-8-5-9-13-19/h5,8-9,12-13,18,20-21H,4,6-7,10-11,14-17H2,1-3H3/t20-,21+/m0/s1. The van der Waals surface area contributed by atoms with E-state index in [1.807, 2.05) is 51.1 Å². The fourth-order valence-electron chi connectivity index (χ4n) is 4.64. The van der Waals surface area contributed by atoms with Crippen LogP contribution in [0.3, 0.4) is 0 Å². The van der Waals surface area contributed by atoms with Crippen molar-refractivity contribution in [1.82, 2.24) is 4.90 Å². The number of benzene rings is 1. The van der Waals surface area contributed by atoms with Gasteiger partial charge in [0.05, 0.1) is 12.5 Å². The third-order valence-corrected chi connectivity index (χ3v) is 6.04. The normalized spacial score (nSPS) is 20.9. The number of cyclic esters (lactones) is 1. The Morgan fingerprint density at radius 1 is 1.13 bits per heavy atom. The molecule has 1 aliphatic carbocycles. The number of rotatable bonds is 7. The number of hydrogen-bond acceptors (Lipinski definition) is 5. The second-order valence-electron chi connectivity index (χ2n) is 9.86. The Morgan fingerprint density at radius 2 is 1.81 bits per heavy atom. The first-order valence-corrected chi connectivity index (χ1v) is 11.5. The van der Waals surface area contributed by atoms with Gasteiger partial charge < -0.3 is 9.47 Å². The van der Waals surface area contributed by atoms with Crippen molar-refractivity contribution in [2.75, 3.05) is 6.61 Å². The summed E-state index contributed by atoms with van der Waals surface area (Å²) in [5, 5.41) is 0. The molecule has 1 saturated carbocycles. The van der Waals surface area contributed by atoms with Crippen molar-refractivity contribution >= 4 is 18.0 Å². The van der Waals surface area contributed by atoms with Gasteiger partial charge in [-0.05, 0) is 45.1 Å². The van der Waals surface area contributed by atoms with Gasteiger partial charge >= 0.3 is 12.1 Å². The molecule has 0 N–H and O–H groups in total. The molecule has 0 bridgehead atoms. The fraction of sp³-hybridized carbons (Fsp3) is 0.640. The van der Waals surface area contributed by atoms with Crippen LogP contribution in [0.1, 0.15) is 71.3 Å². The molecule has 1 aliphatic heterocycles. The zero-order valence-corrected chi connectivity index (χ0v) is 19.0. The summed E-state index contributed by atoms with van der Waals surface area (Å²) in [6.07, 6.45) is 6.20. The van der Waals surface area contributed by atoms with E-state index < -0.39 is 23.6 Å². The molecule has 1 saturated heterocycles. The van der Waals surface area contributed by atoms with Crippen LogP contribution >= 0.6 is 0 Å². The number of ether oxygens (including phenoxy) is 2. The maximum absolute atomic E-state index is 13.5. The molecule has 2 amide bonds. The van der Waals surface area contributed by atoms with Crippen molar-refractivity contribution in [2.24, 2.45) is 11.8 Å². The highest BCUT2D eigenvalue weighted by Crippen LogP contribution is 2.32. The summed E-state index contributed by atoms with van der Waals surface area (Å²) in [5.74, 6) is -0.869. The minimum atomic E-state index is -0.613. The van der Waals surface area contributed by atoms with Crippen LogP contribution in [0.5, 0.6) is 0 Å². The minimum Gasteiger partial charge on any atom is -0.460 e. The zero-order valence-electron chi connectivity index (χ0n) is 19.0. The molecule has 0 unspecified atom stereocenters. The van der Waals surface area contributed by atoms with Gasteiger partial charge in [0.25, 0.3) is 0 Å². The highest BCUT2D eigenvalue weighted by molar-refractivity contribution is 5.96. The van der Waals surface area contributed by atoms with Crippen LogP contribution in [-0.2, 0) is 25.5 Å². The van der Waals surface area contributed by atoms with Gasteiger partial charge in [-0.1, -0.05) is 62.4 Å². The molecule has 2 fully saturated rings. The van der Waals surface area contributed by atoms with E-state index >= 15 is 0 Å². The summed E-state index contributed by atoms with van der Waals surface area (Å²) in [5.41, 5.74) is 0.428. The highest BCUT2D eigenvalue weighted by Gasteiger charge is 2.42. The average molecular weight is 430 g/mol. The van der Waals surface area contributed by atoms with Crippen molar-refractivity contribution in [3.8, 4) is 0 Å². The molecule has 2 aliphatic rings. The van der Waals surface area contributed by atoms with Gasteiger partial charge in [-0.15, -0.1) is 0 Å². The Morgan fingerprint density at radius 3 is 2.45 bits per heavy atom. The van der Waals surface area contributed by atoms with E-state index in [9.17, 15) is 14.4 Å². The van der Waals surface area contributed by atoms with E-state index in [1.54, 1.807) is 0 Å². The van der Waals surface area contributed by atoms with Gasteiger partial charge in [0, 0.05) is 5.92 Å². The quantitative estimate of drug-likeness (QED) is 0.577. The van der Waals surface area contributed by atoms with Gasteiger partial charge in [-0.25, -0.2) is 9.69 Å². The van der Waals surface area contributed by atoms with E-state index in [4.69, 9.17) is 9.47 Å². The lowest BCUT2D eigenvalue weighted by Crippen LogP contribution is -2.45. The fourth-order valence-corrected chi connectivity index (χ4v) is 4.64. The van der Waals surface area contributed by atoms with E-state index in [0.717, 1.165) is 31.2 Å². The monoisotopic (exact) mass is 429 g/mol. The number of imide groups is 1.